The Morgan fingerprint density at radius 3 is 1.82 bits per heavy atom. The van der Waals surface area contributed by atoms with Gasteiger partial charge in [-0.2, -0.15) is 0 Å². The Morgan fingerprint density at radius 2 is 1.23 bits per heavy atom. The first-order valence-electron chi connectivity index (χ1n) is 20.5. The highest BCUT2D eigenvalue weighted by atomic mass is 16.9. The van der Waals surface area contributed by atoms with Gasteiger partial charge in [0, 0.05) is 0 Å². The molecule has 4 fully saturated rings. The second kappa shape index (κ2) is 18.8. The molecule has 13 nitrogen and oxygen atoms in total. The fraction of sp³-hybridized carbons (Fsp3) is 0.468. The molecule has 0 aromatic heterocycles. The topological polar surface area (TPSA) is 128 Å². The summed E-state index contributed by atoms with van der Waals surface area (Å²) in [7, 11) is 1.57. The van der Waals surface area contributed by atoms with Crippen molar-refractivity contribution in [3.05, 3.63) is 138 Å². The Hall–Kier alpha value is -4.25. The highest BCUT2D eigenvalue weighted by molar-refractivity contribution is 5.89. The maximum absolute atomic E-state index is 14.1. The number of carbonyl (C=O) groups excluding carboxylic acids is 1. The molecule has 0 bridgehead atoms. The van der Waals surface area contributed by atoms with Crippen LogP contribution in [0.1, 0.15) is 54.7 Å². The molecule has 4 heterocycles. The lowest BCUT2D eigenvalue weighted by Crippen LogP contribution is -2.63. The van der Waals surface area contributed by atoms with Gasteiger partial charge in [0.1, 0.15) is 48.5 Å². The molecule has 0 saturated carbocycles. The monoisotopic (exact) mass is 826 g/mol. The smallest absolute Gasteiger partial charge is 0.338 e. The predicted molar refractivity (Wildman–Crippen MR) is 215 cm³/mol. The summed E-state index contributed by atoms with van der Waals surface area (Å²) in [5, 5.41) is 0. The van der Waals surface area contributed by atoms with Crippen LogP contribution in [0.3, 0.4) is 0 Å². The molecule has 4 aromatic carbocycles. The molecule has 0 aliphatic carbocycles. The van der Waals surface area contributed by atoms with Gasteiger partial charge in [0.25, 0.3) is 0 Å². The quantitative estimate of drug-likeness (QED) is 0.111. The molecule has 0 unspecified atom stereocenters. The van der Waals surface area contributed by atoms with Crippen LogP contribution in [0.2, 0.25) is 0 Å². The lowest BCUT2D eigenvalue weighted by molar-refractivity contribution is -0.339. The van der Waals surface area contributed by atoms with E-state index in [-0.39, 0.29) is 33.0 Å². The molecule has 0 radical (unpaired) electrons. The highest BCUT2D eigenvalue weighted by Gasteiger charge is 2.61. The van der Waals surface area contributed by atoms with E-state index >= 15 is 0 Å². The summed E-state index contributed by atoms with van der Waals surface area (Å²) in [5.74, 6) is -1.76. The van der Waals surface area contributed by atoms with Crippen molar-refractivity contribution in [2.75, 3.05) is 20.3 Å². The minimum Gasteiger partial charge on any atom is -0.497 e. The summed E-state index contributed by atoms with van der Waals surface area (Å²) in [6, 6.07) is 36.0. The molecule has 4 aliphatic heterocycles. The van der Waals surface area contributed by atoms with E-state index in [9.17, 15) is 4.79 Å². The van der Waals surface area contributed by atoms with Crippen molar-refractivity contribution in [2.24, 2.45) is 0 Å². The third-order valence-electron chi connectivity index (χ3n) is 10.8. The van der Waals surface area contributed by atoms with Gasteiger partial charge in [-0.25, -0.2) is 4.79 Å². The van der Waals surface area contributed by atoms with Crippen molar-refractivity contribution >= 4 is 5.97 Å². The Bertz CT molecular complexity index is 1960. The zero-order valence-corrected chi connectivity index (χ0v) is 34.6. The Labute approximate surface area is 350 Å². The predicted octanol–water partition coefficient (Wildman–Crippen LogP) is 6.75. The lowest BCUT2D eigenvalue weighted by Gasteiger charge is -2.46. The van der Waals surface area contributed by atoms with Crippen LogP contribution in [0.5, 0.6) is 5.75 Å². The van der Waals surface area contributed by atoms with Gasteiger partial charge < -0.3 is 56.8 Å². The third kappa shape index (κ3) is 10.3. The molecular formula is C47H54O13. The van der Waals surface area contributed by atoms with E-state index in [1.54, 1.807) is 31.4 Å². The molecule has 0 amide bonds. The molecule has 320 valence electrons. The third-order valence-corrected chi connectivity index (χ3v) is 10.8. The van der Waals surface area contributed by atoms with Crippen LogP contribution in [-0.4, -0.2) is 99.3 Å². The van der Waals surface area contributed by atoms with Crippen LogP contribution < -0.4 is 4.74 Å². The molecule has 0 N–H and O–H groups in total. The maximum Gasteiger partial charge on any atom is 0.338 e. The Balaban J connectivity index is 1.16. The van der Waals surface area contributed by atoms with Gasteiger partial charge >= 0.3 is 5.97 Å². The zero-order chi connectivity index (χ0) is 41.7. The largest absolute Gasteiger partial charge is 0.497 e. The second-order valence-corrected chi connectivity index (χ2v) is 16.2. The minimum absolute atomic E-state index is 0.0168. The van der Waals surface area contributed by atoms with Crippen molar-refractivity contribution in [2.45, 2.75) is 121 Å². The number of methoxy groups -OCH3 is 1. The zero-order valence-electron chi connectivity index (χ0n) is 34.6. The fourth-order valence-electron chi connectivity index (χ4n) is 7.94. The van der Waals surface area contributed by atoms with Crippen molar-refractivity contribution in [1.82, 2.24) is 0 Å². The number of carbonyl (C=O) groups is 1. The van der Waals surface area contributed by atoms with E-state index in [4.69, 9.17) is 56.8 Å². The number of hydrogen-bond donors (Lipinski definition) is 0. The molecule has 60 heavy (non-hydrogen) atoms. The number of fused-ring (bicyclic) bond motifs is 1. The molecule has 13 heteroatoms. The van der Waals surface area contributed by atoms with Crippen LogP contribution in [0, 0.1) is 0 Å². The highest BCUT2D eigenvalue weighted by Crippen LogP contribution is 2.44. The molecular weight excluding hydrogens is 773 g/mol. The Morgan fingerprint density at radius 1 is 0.633 bits per heavy atom. The molecule has 4 aromatic rings. The number of ether oxygens (including phenoxy) is 12. The summed E-state index contributed by atoms with van der Waals surface area (Å²) in [5.41, 5.74) is 3.11. The first-order valence-corrected chi connectivity index (χ1v) is 20.5. The van der Waals surface area contributed by atoms with Gasteiger partial charge in [0.05, 0.1) is 45.7 Å². The Kier molecular flexibility index (Phi) is 13.3. The van der Waals surface area contributed by atoms with E-state index in [2.05, 4.69) is 0 Å². The maximum atomic E-state index is 14.1. The average Bonchev–Trinajstić information content (AvgIpc) is 3.89. The summed E-state index contributed by atoms with van der Waals surface area (Å²) < 4.78 is 77.3. The molecule has 4 saturated heterocycles. The SMILES string of the molecule is COc1ccc(C(=O)O[C@@H]2[C@H](OCc3ccccc3)[C@@H](OCc3ccccc3)[C@@H](O[C@@H]3[C@H]4OC(C)(C)O[C@H]4O[C@@H]3[C@@H]3COC(C)(C)O3)O[C@@H]2COCc2ccccc2)cc1. The van der Waals surface area contributed by atoms with Crippen molar-refractivity contribution in [3.63, 3.8) is 0 Å². The fourth-order valence-corrected chi connectivity index (χ4v) is 7.94. The van der Waals surface area contributed by atoms with Crippen molar-refractivity contribution in [3.8, 4) is 5.75 Å². The van der Waals surface area contributed by atoms with Crippen LogP contribution in [0.4, 0.5) is 0 Å². The molecule has 0 spiro atoms. The summed E-state index contributed by atoms with van der Waals surface area (Å²) in [4.78, 5) is 14.1. The lowest BCUT2D eigenvalue weighted by atomic mass is 9.97. The minimum atomic E-state index is -1.12. The first-order chi connectivity index (χ1) is 29.0. The van der Waals surface area contributed by atoms with E-state index in [1.807, 2.05) is 119 Å². The molecule has 4 aliphatic rings. The van der Waals surface area contributed by atoms with Gasteiger partial charge in [-0.05, 0) is 68.7 Å². The van der Waals surface area contributed by atoms with Crippen LogP contribution in [-0.2, 0) is 71.9 Å². The van der Waals surface area contributed by atoms with Crippen molar-refractivity contribution < 1.29 is 61.6 Å². The summed E-state index contributed by atoms with van der Waals surface area (Å²) in [6.07, 6.45) is -8.28. The van der Waals surface area contributed by atoms with Crippen molar-refractivity contribution in [1.29, 1.82) is 0 Å². The van der Waals surface area contributed by atoms with Gasteiger partial charge in [-0.15, -0.1) is 0 Å². The number of hydrogen-bond acceptors (Lipinski definition) is 13. The normalized spacial score (nSPS) is 30.5. The molecule has 10 atom stereocenters. The van der Waals surface area contributed by atoms with Crippen LogP contribution >= 0.6 is 0 Å². The van der Waals surface area contributed by atoms with Crippen LogP contribution in [0.15, 0.2) is 115 Å². The first kappa shape index (κ1) is 42.4. The van der Waals surface area contributed by atoms with E-state index in [0.717, 1.165) is 16.7 Å². The summed E-state index contributed by atoms with van der Waals surface area (Å²) >= 11 is 0. The van der Waals surface area contributed by atoms with E-state index < -0.39 is 79.0 Å². The molecule has 8 rings (SSSR count). The van der Waals surface area contributed by atoms with E-state index in [1.165, 1.54) is 0 Å². The van der Waals surface area contributed by atoms with Crippen LogP contribution in [0.25, 0.3) is 0 Å². The van der Waals surface area contributed by atoms with Gasteiger partial charge in [0.15, 0.2) is 30.3 Å². The average molecular weight is 827 g/mol. The number of rotatable bonds is 16. The summed E-state index contributed by atoms with van der Waals surface area (Å²) in [6.45, 7) is 8.28. The standard InChI is InChI=1S/C47H54O13/c1-46(2)53-29-36(58-46)38-40(42-45(56-38)60-47(3,4)59-42)57-44-41(52-27-32-19-13-8-14-20-32)39(51-26-31-17-11-7-12-18-31)37(55-43(48)33-21-23-34(49-5)24-22-33)35(54-44)28-50-25-30-15-9-6-10-16-30/h6-24,35-42,44-45H,25-29H2,1-5H3/t35-,36+,37+,38-,39+,40+,41-,42-,44-,45-/m1/s1. The van der Waals surface area contributed by atoms with E-state index in [0.29, 0.717) is 11.3 Å². The number of benzene rings is 4. The van der Waals surface area contributed by atoms with Gasteiger partial charge in [-0.3, -0.25) is 0 Å². The second-order valence-electron chi connectivity index (χ2n) is 16.2. The van der Waals surface area contributed by atoms with Gasteiger partial charge in [-0.1, -0.05) is 91.0 Å². The van der Waals surface area contributed by atoms with Gasteiger partial charge in [0.2, 0.25) is 0 Å². The number of esters is 1.